The number of rotatable bonds is 4. The van der Waals surface area contributed by atoms with Gasteiger partial charge in [0.25, 0.3) is 0 Å². The van der Waals surface area contributed by atoms with Gasteiger partial charge in [0.15, 0.2) is 0 Å². The highest BCUT2D eigenvalue weighted by Crippen LogP contribution is 2.20. The van der Waals surface area contributed by atoms with E-state index >= 15 is 0 Å². The van der Waals surface area contributed by atoms with Gasteiger partial charge >= 0.3 is 5.97 Å². The van der Waals surface area contributed by atoms with E-state index in [1.54, 1.807) is 6.92 Å². The molecule has 0 radical (unpaired) electrons. The Balaban J connectivity index is 2.39. The maximum Gasteiger partial charge on any atom is 0.320 e. The highest BCUT2D eigenvalue weighted by molar-refractivity contribution is 5.72. The average molecular weight is 215 g/mol. The summed E-state index contributed by atoms with van der Waals surface area (Å²) in [7, 11) is 0. The molecular formula is C11H21NO3. The van der Waals surface area contributed by atoms with E-state index in [9.17, 15) is 4.79 Å². The third-order valence-corrected chi connectivity index (χ3v) is 2.91. The molecule has 88 valence electrons. The normalized spacial score (nSPS) is 29.1. The molecule has 1 heterocycles. The molecule has 0 aliphatic carbocycles. The van der Waals surface area contributed by atoms with Crippen molar-refractivity contribution in [1.29, 1.82) is 0 Å². The summed E-state index contributed by atoms with van der Waals surface area (Å²) in [6.07, 6.45) is 2.08. The minimum absolute atomic E-state index is 0.261. The monoisotopic (exact) mass is 215 g/mol. The maximum absolute atomic E-state index is 10.7. The Morgan fingerprint density at radius 2 is 2.13 bits per heavy atom. The zero-order chi connectivity index (χ0) is 11.4. The molecule has 2 N–H and O–H groups in total. The molecule has 0 aromatic rings. The largest absolute Gasteiger partial charge is 0.480 e. The molecule has 4 nitrogen and oxygen atoms in total. The molecule has 3 unspecified atom stereocenters. The summed E-state index contributed by atoms with van der Waals surface area (Å²) >= 11 is 0. The number of hydrogen-bond acceptors (Lipinski definition) is 3. The van der Waals surface area contributed by atoms with Crippen LogP contribution in [0.25, 0.3) is 0 Å². The van der Waals surface area contributed by atoms with E-state index in [1.165, 1.54) is 0 Å². The van der Waals surface area contributed by atoms with Crippen molar-refractivity contribution in [2.45, 2.75) is 51.8 Å². The van der Waals surface area contributed by atoms with Crippen LogP contribution in [0, 0.1) is 5.92 Å². The number of aliphatic carboxylic acids is 1. The SMILES string of the molecule is CC(NC1CCOC(C(C)C)C1)C(=O)O. The van der Waals surface area contributed by atoms with Gasteiger partial charge in [0.1, 0.15) is 6.04 Å². The quantitative estimate of drug-likeness (QED) is 0.741. The standard InChI is InChI=1S/C11H21NO3/c1-7(2)10-6-9(4-5-15-10)12-8(3)11(13)14/h7-10,12H,4-6H2,1-3H3,(H,13,14). The third kappa shape index (κ3) is 3.80. The Kier molecular flexibility index (Phi) is 4.54. The van der Waals surface area contributed by atoms with Crippen LogP contribution in [0.5, 0.6) is 0 Å². The predicted molar refractivity (Wildman–Crippen MR) is 57.8 cm³/mol. The molecule has 1 fully saturated rings. The summed E-state index contributed by atoms with van der Waals surface area (Å²) in [4.78, 5) is 10.7. The fourth-order valence-corrected chi connectivity index (χ4v) is 1.87. The summed E-state index contributed by atoms with van der Waals surface area (Å²) in [5.41, 5.74) is 0. The summed E-state index contributed by atoms with van der Waals surface area (Å²) in [6, 6.07) is -0.196. The summed E-state index contributed by atoms with van der Waals surface area (Å²) in [6.45, 7) is 6.68. The van der Waals surface area contributed by atoms with E-state index in [2.05, 4.69) is 19.2 Å². The van der Waals surface area contributed by atoms with Crippen LogP contribution >= 0.6 is 0 Å². The lowest BCUT2D eigenvalue weighted by molar-refractivity contribution is -0.139. The molecular weight excluding hydrogens is 194 g/mol. The van der Waals surface area contributed by atoms with Crippen molar-refractivity contribution in [3.05, 3.63) is 0 Å². The zero-order valence-corrected chi connectivity index (χ0v) is 9.69. The molecule has 1 rings (SSSR count). The Morgan fingerprint density at radius 1 is 1.47 bits per heavy atom. The minimum Gasteiger partial charge on any atom is -0.480 e. The molecule has 0 aromatic heterocycles. The summed E-state index contributed by atoms with van der Waals surface area (Å²) in [5.74, 6) is -0.294. The van der Waals surface area contributed by atoms with Crippen molar-refractivity contribution >= 4 is 5.97 Å². The first kappa shape index (κ1) is 12.5. The Hall–Kier alpha value is -0.610. The smallest absolute Gasteiger partial charge is 0.320 e. The molecule has 0 spiro atoms. The van der Waals surface area contributed by atoms with Crippen molar-refractivity contribution in [3.8, 4) is 0 Å². The van der Waals surface area contributed by atoms with Gasteiger partial charge in [-0.2, -0.15) is 0 Å². The fourth-order valence-electron chi connectivity index (χ4n) is 1.87. The van der Waals surface area contributed by atoms with E-state index in [0.29, 0.717) is 5.92 Å². The van der Waals surface area contributed by atoms with Gasteiger partial charge < -0.3 is 15.2 Å². The number of carboxylic acids is 1. The molecule has 4 heteroatoms. The molecule has 15 heavy (non-hydrogen) atoms. The van der Waals surface area contributed by atoms with Crippen LogP contribution in [0.4, 0.5) is 0 Å². The van der Waals surface area contributed by atoms with Crippen molar-refractivity contribution in [2.75, 3.05) is 6.61 Å². The Labute approximate surface area is 91.0 Å². The van der Waals surface area contributed by atoms with Gasteiger partial charge in [-0.3, -0.25) is 4.79 Å². The van der Waals surface area contributed by atoms with E-state index in [-0.39, 0.29) is 12.1 Å². The van der Waals surface area contributed by atoms with Crippen LogP contribution in [-0.2, 0) is 9.53 Å². The van der Waals surface area contributed by atoms with Gasteiger partial charge in [0.2, 0.25) is 0 Å². The molecule has 3 atom stereocenters. The van der Waals surface area contributed by atoms with E-state index in [1.807, 2.05) is 0 Å². The second kappa shape index (κ2) is 5.47. The third-order valence-electron chi connectivity index (χ3n) is 2.91. The van der Waals surface area contributed by atoms with Gasteiger partial charge in [0, 0.05) is 12.6 Å². The Morgan fingerprint density at radius 3 is 2.67 bits per heavy atom. The number of ether oxygens (including phenoxy) is 1. The van der Waals surface area contributed by atoms with Crippen LogP contribution < -0.4 is 5.32 Å². The fraction of sp³-hybridized carbons (Fsp3) is 0.909. The van der Waals surface area contributed by atoms with Crippen LogP contribution in [0.15, 0.2) is 0 Å². The minimum atomic E-state index is -0.789. The van der Waals surface area contributed by atoms with Gasteiger partial charge in [-0.1, -0.05) is 13.8 Å². The van der Waals surface area contributed by atoms with Gasteiger partial charge in [-0.05, 0) is 25.7 Å². The first-order chi connectivity index (χ1) is 7.00. The van der Waals surface area contributed by atoms with Crippen molar-refractivity contribution in [2.24, 2.45) is 5.92 Å². The highest BCUT2D eigenvalue weighted by atomic mass is 16.5. The van der Waals surface area contributed by atoms with Crippen molar-refractivity contribution < 1.29 is 14.6 Å². The number of carbonyl (C=O) groups is 1. The molecule has 0 aromatic carbocycles. The predicted octanol–water partition coefficient (Wildman–Crippen LogP) is 1.25. The lowest BCUT2D eigenvalue weighted by Gasteiger charge is -2.33. The van der Waals surface area contributed by atoms with Crippen molar-refractivity contribution in [1.82, 2.24) is 5.32 Å². The Bertz CT molecular complexity index is 218. The average Bonchev–Trinajstić information content (AvgIpc) is 2.18. The lowest BCUT2D eigenvalue weighted by atomic mass is 9.95. The molecule has 1 saturated heterocycles. The van der Waals surface area contributed by atoms with Gasteiger partial charge in [-0.25, -0.2) is 0 Å². The van der Waals surface area contributed by atoms with E-state index in [4.69, 9.17) is 9.84 Å². The molecule has 1 aliphatic rings. The molecule has 0 amide bonds. The number of hydrogen-bond donors (Lipinski definition) is 2. The van der Waals surface area contributed by atoms with Crippen molar-refractivity contribution in [3.63, 3.8) is 0 Å². The highest BCUT2D eigenvalue weighted by Gasteiger charge is 2.26. The van der Waals surface area contributed by atoms with E-state index < -0.39 is 12.0 Å². The lowest BCUT2D eigenvalue weighted by Crippen LogP contribution is -2.46. The van der Waals surface area contributed by atoms with Gasteiger partial charge in [-0.15, -0.1) is 0 Å². The van der Waals surface area contributed by atoms with Crippen LogP contribution in [-0.4, -0.2) is 35.9 Å². The first-order valence-corrected chi connectivity index (χ1v) is 5.61. The zero-order valence-electron chi connectivity index (χ0n) is 9.69. The second-order valence-electron chi connectivity index (χ2n) is 4.60. The topological polar surface area (TPSA) is 58.6 Å². The van der Waals surface area contributed by atoms with Crippen LogP contribution in [0.3, 0.4) is 0 Å². The number of carboxylic acid groups (broad SMARTS) is 1. The van der Waals surface area contributed by atoms with E-state index in [0.717, 1.165) is 19.4 Å². The first-order valence-electron chi connectivity index (χ1n) is 5.61. The molecule has 0 saturated carbocycles. The van der Waals surface area contributed by atoms with Crippen LogP contribution in [0.2, 0.25) is 0 Å². The number of nitrogens with one attached hydrogen (secondary N) is 1. The molecule has 1 aliphatic heterocycles. The maximum atomic E-state index is 10.7. The van der Waals surface area contributed by atoms with Gasteiger partial charge in [0.05, 0.1) is 6.10 Å². The summed E-state index contributed by atoms with van der Waals surface area (Å²) < 4.78 is 5.62. The van der Waals surface area contributed by atoms with Crippen LogP contribution in [0.1, 0.15) is 33.6 Å². The second-order valence-corrected chi connectivity index (χ2v) is 4.60. The molecule has 0 bridgehead atoms. The summed E-state index contributed by atoms with van der Waals surface area (Å²) in [5, 5.41) is 11.9.